The van der Waals surface area contributed by atoms with Gasteiger partial charge >= 0.3 is 6.09 Å². The van der Waals surface area contributed by atoms with Crippen molar-refractivity contribution in [3.8, 4) is 0 Å². The van der Waals surface area contributed by atoms with Gasteiger partial charge in [-0.05, 0) is 79.5 Å². The molecule has 1 aliphatic heterocycles. The number of nitrogens with zero attached hydrogens (tertiary/aromatic N) is 3. The monoisotopic (exact) mass is 599 g/mol. The molecule has 1 aliphatic rings. The highest BCUT2D eigenvalue weighted by molar-refractivity contribution is 14.2. The molecule has 2 N–H and O–H groups in total. The van der Waals surface area contributed by atoms with Crippen LogP contribution in [0.1, 0.15) is 65.6 Å². The molecule has 2 amide bonds. The molecule has 32 heavy (non-hydrogen) atoms. The van der Waals surface area contributed by atoms with Crippen molar-refractivity contribution in [3.63, 3.8) is 0 Å². The molecule has 1 aromatic rings. The molecule has 11 heteroatoms. The van der Waals surface area contributed by atoms with Gasteiger partial charge in [0.25, 0.3) is 0 Å². The Bertz CT molecular complexity index is 768. The van der Waals surface area contributed by atoms with E-state index in [1.165, 1.54) is 11.5 Å². The van der Waals surface area contributed by atoms with Crippen LogP contribution in [0.2, 0.25) is 0 Å². The summed E-state index contributed by atoms with van der Waals surface area (Å²) in [5.41, 5.74) is -0.605. The minimum absolute atomic E-state index is 0.0825. The topological polar surface area (TPSA) is 96.5 Å². The van der Waals surface area contributed by atoms with Gasteiger partial charge in [0.2, 0.25) is 11.0 Å². The van der Waals surface area contributed by atoms with Crippen LogP contribution < -0.4 is 15.5 Å². The molecule has 0 saturated carbocycles. The predicted octanol–water partition coefficient (Wildman–Crippen LogP) is 4.44. The summed E-state index contributed by atoms with van der Waals surface area (Å²) in [7, 11) is -0.819. The molecule has 1 aromatic heterocycles. The first-order valence-electron chi connectivity index (χ1n) is 11.0. The predicted molar refractivity (Wildman–Crippen MR) is 143 cm³/mol. The molecule has 1 fully saturated rings. The Hall–Kier alpha value is -0.820. The van der Waals surface area contributed by atoms with Gasteiger partial charge < -0.3 is 20.3 Å². The summed E-state index contributed by atoms with van der Waals surface area (Å²) in [4.78, 5) is 32.2. The van der Waals surface area contributed by atoms with E-state index in [0.29, 0.717) is 12.3 Å². The highest BCUT2D eigenvalue weighted by atomic mass is 127. The number of carbonyl (C=O) groups is 2. The number of amides is 2. The standard InChI is InChI=1S/C21H38IN5O3S2/c1-14(2)17-25-19(31-26-17)27-11-8-15(9-12-27)23-18(28)16(10-13-32(6,7)22)24-20(29)30-21(3,4)5/h14-16H,8-13H2,1-7H3,(H,23,28)(H,24,29)/t16-/m0/s1. The molecule has 0 unspecified atom stereocenters. The second-order valence-corrected chi connectivity index (χ2v) is 21.1. The van der Waals surface area contributed by atoms with E-state index < -0.39 is 24.9 Å². The van der Waals surface area contributed by atoms with Gasteiger partial charge in [-0.15, -0.1) is 0 Å². The largest absolute Gasteiger partial charge is 0.444 e. The van der Waals surface area contributed by atoms with Crippen LogP contribution in [0.15, 0.2) is 0 Å². The molecular formula is C21H38IN5O3S2. The number of rotatable bonds is 8. The van der Waals surface area contributed by atoms with Gasteiger partial charge in [0, 0.05) is 36.6 Å². The molecule has 8 nitrogen and oxygen atoms in total. The summed E-state index contributed by atoms with van der Waals surface area (Å²) in [6.45, 7) is 11.3. The van der Waals surface area contributed by atoms with Crippen molar-refractivity contribution in [2.24, 2.45) is 0 Å². The van der Waals surface area contributed by atoms with E-state index in [9.17, 15) is 9.59 Å². The minimum Gasteiger partial charge on any atom is -0.444 e. The third-order valence-electron chi connectivity index (χ3n) is 4.96. The number of alkyl carbamates (subject to hydrolysis) is 1. The first kappa shape index (κ1) is 27.4. The summed E-state index contributed by atoms with van der Waals surface area (Å²) in [6.07, 6.45) is 6.12. The number of ether oxygens (including phenoxy) is 1. The van der Waals surface area contributed by atoms with Crippen LogP contribution in [0.5, 0.6) is 0 Å². The fourth-order valence-corrected chi connectivity index (χ4v) is 5.64. The normalized spacial score (nSPS) is 17.2. The van der Waals surface area contributed by atoms with Crippen molar-refractivity contribution in [1.29, 1.82) is 0 Å². The van der Waals surface area contributed by atoms with Crippen LogP contribution in [-0.2, 0) is 9.53 Å². The Morgan fingerprint density at radius 3 is 2.41 bits per heavy atom. The zero-order valence-electron chi connectivity index (χ0n) is 20.2. The molecule has 184 valence electrons. The van der Waals surface area contributed by atoms with Crippen LogP contribution in [-0.4, -0.2) is 70.4 Å². The molecule has 2 rings (SSSR count). The lowest BCUT2D eigenvalue weighted by Crippen LogP contribution is -2.53. The van der Waals surface area contributed by atoms with E-state index in [1.54, 1.807) is 0 Å². The number of anilines is 1. The average Bonchev–Trinajstić information content (AvgIpc) is 3.14. The van der Waals surface area contributed by atoms with Crippen molar-refractivity contribution >= 4 is 57.1 Å². The molecule has 2 heterocycles. The van der Waals surface area contributed by atoms with Gasteiger partial charge in [-0.3, -0.25) is 4.79 Å². The van der Waals surface area contributed by atoms with Crippen LogP contribution in [0.25, 0.3) is 0 Å². The van der Waals surface area contributed by atoms with E-state index in [-0.39, 0.29) is 11.9 Å². The minimum atomic E-state index is -0.819. The Kier molecular flexibility index (Phi) is 9.89. The average molecular weight is 600 g/mol. The molecule has 0 aliphatic carbocycles. The zero-order valence-corrected chi connectivity index (χ0v) is 24.0. The summed E-state index contributed by atoms with van der Waals surface area (Å²) in [5.74, 6) is 1.96. The summed E-state index contributed by atoms with van der Waals surface area (Å²) in [5, 5.41) is 6.90. The fraction of sp³-hybridized carbons (Fsp3) is 0.810. The van der Waals surface area contributed by atoms with Gasteiger partial charge in [0.15, 0.2) is 0 Å². The number of nitrogens with one attached hydrogen (secondary N) is 2. The molecular weight excluding hydrogens is 561 g/mol. The second-order valence-electron chi connectivity index (χ2n) is 9.95. The molecule has 1 atom stereocenters. The quantitative estimate of drug-likeness (QED) is 0.429. The number of aromatic nitrogens is 2. The maximum absolute atomic E-state index is 13.1. The van der Waals surface area contributed by atoms with Crippen molar-refractivity contribution in [3.05, 3.63) is 5.82 Å². The lowest BCUT2D eigenvalue weighted by Gasteiger charge is -2.33. The molecule has 0 aromatic carbocycles. The van der Waals surface area contributed by atoms with Gasteiger partial charge in [0.1, 0.15) is 17.5 Å². The Labute approximate surface area is 210 Å². The number of carbonyl (C=O) groups excluding carboxylic acids is 2. The molecule has 0 spiro atoms. The van der Waals surface area contributed by atoms with Crippen molar-refractivity contribution in [2.45, 2.75) is 77.5 Å². The highest BCUT2D eigenvalue weighted by Gasteiger charge is 2.29. The van der Waals surface area contributed by atoms with E-state index in [4.69, 9.17) is 4.74 Å². The van der Waals surface area contributed by atoms with Gasteiger partial charge in [0.05, 0.1) is 0 Å². The first-order chi connectivity index (χ1) is 14.7. The van der Waals surface area contributed by atoms with Crippen molar-refractivity contribution in [1.82, 2.24) is 20.0 Å². The summed E-state index contributed by atoms with van der Waals surface area (Å²) >= 11 is 3.89. The van der Waals surface area contributed by atoms with E-state index >= 15 is 0 Å². The van der Waals surface area contributed by atoms with Gasteiger partial charge in [-0.25, -0.2) is 9.78 Å². The van der Waals surface area contributed by atoms with Crippen LogP contribution in [0.4, 0.5) is 9.93 Å². The zero-order chi connectivity index (χ0) is 24.1. The second kappa shape index (κ2) is 11.5. The van der Waals surface area contributed by atoms with Gasteiger partial charge in [-0.1, -0.05) is 13.8 Å². The molecule has 0 bridgehead atoms. The number of halogens is 1. The van der Waals surface area contributed by atoms with E-state index in [2.05, 4.69) is 72.5 Å². The maximum atomic E-state index is 13.1. The van der Waals surface area contributed by atoms with E-state index in [0.717, 1.165) is 42.6 Å². The van der Waals surface area contributed by atoms with Crippen LogP contribution in [0.3, 0.4) is 0 Å². The lowest BCUT2D eigenvalue weighted by molar-refractivity contribution is -0.124. The SMILES string of the molecule is CC(C)c1nsc(N2CCC(NC(=O)[C@H](CCS(C)(C)I)NC(=O)OC(C)(C)C)CC2)n1. The molecule has 0 radical (unpaired) electrons. The van der Waals surface area contributed by atoms with Crippen LogP contribution in [0, 0.1) is 0 Å². The molecule has 1 saturated heterocycles. The smallest absolute Gasteiger partial charge is 0.408 e. The van der Waals surface area contributed by atoms with Crippen LogP contribution >= 0.6 is 39.9 Å². The number of hydrogen-bond acceptors (Lipinski definition) is 7. The third-order valence-corrected chi connectivity index (χ3v) is 8.28. The lowest BCUT2D eigenvalue weighted by atomic mass is 10.0. The van der Waals surface area contributed by atoms with E-state index in [1.807, 2.05) is 20.8 Å². The fourth-order valence-electron chi connectivity index (χ4n) is 3.22. The Morgan fingerprint density at radius 1 is 1.28 bits per heavy atom. The van der Waals surface area contributed by atoms with Crippen molar-refractivity contribution in [2.75, 3.05) is 36.3 Å². The summed E-state index contributed by atoms with van der Waals surface area (Å²) < 4.78 is 9.82. The maximum Gasteiger partial charge on any atom is 0.408 e. The number of piperidine rings is 1. The third kappa shape index (κ3) is 9.58. The Balaban J connectivity index is 1.92. The number of hydrogen-bond donors (Lipinski definition) is 2. The highest BCUT2D eigenvalue weighted by Crippen LogP contribution is 2.49. The first-order valence-corrected chi connectivity index (χ1v) is 17.0. The van der Waals surface area contributed by atoms with Crippen molar-refractivity contribution < 1.29 is 14.3 Å². The summed E-state index contributed by atoms with van der Waals surface area (Å²) in [6, 6.07) is -0.514. The van der Waals surface area contributed by atoms with Gasteiger partial charge in [-0.2, -0.15) is 11.6 Å². The Morgan fingerprint density at radius 2 is 1.91 bits per heavy atom.